The molecule has 1 N–H and O–H groups in total. The van der Waals surface area contributed by atoms with Gasteiger partial charge in [-0.25, -0.2) is 4.98 Å². The number of nitrogens with one attached hydrogen (secondary N) is 1. The summed E-state index contributed by atoms with van der Waals surface area (Å²) in [5.74, 6) is 0.249. The van der Waals surface area contributed by atoms with E-state index in [0.29, 0.717) is 32.0 Å². The van der Waals surface area contributed by atoms with E-state index in [-0.39, 0.29) is 11.8 Å². The highest BCUT2D eigenvalue weighted by Gasteiger charge is 2.24. The molecule has 25 heavy (non-hydrogen) atoms. The highest BCUT2D eigenvalue weighted by molar-refractivity contribution is 5.92. The summed E-state index contributed by atoms with van der Waals surface area (Å²) in [6, 6.07) is 10.4. The van der Waals surface area contributed by atoms with E-state index in [9.17, 15) is 4.79 Å². The van der Waals surface area contributed by atoms with Crippen LogP contribution in [0.25, 0.3) is 10.9 Å². The standard InChI is InChI=1S/C19H20N4O2/c24-19(18-10-20-13-22-18)23-6-7-25-12-15(11-23)8-14-3-4-17-16(9-14)2-1-5-21-17/h1-5,9-10,13,15H,6-8,11-12H2,(H,20,22)/t15-/m0/s1. The number of carbonyl (C=O) groups is 1. The molecule has 0 aliphatic carbocycles. The molecule has 1 aliphatic rings. The number of aromatic nitrogens is 3. The van der Waals surface area contributed by atoms with Crippen molar-refractivity contribution < 1.29 is 9.53 Å². The lowest BCUT2D eigenvalue weighted by Crippen LogP contribution is -2.36. The smallest absolute Gasteiger partial charge is 0.272 e. The molecule has 0 bridgehead atoms. The van der Waals surface area contributed by atoms with Crippen LogP contribution in [0.5, 0.6) is 0 Å². The number of aromatic amines is 1. The van der Waals surface area contributed by atoms with Gasteiger partial charge in [0.05, 0.1) is 31.3 Å². The molecule has 1 amide bonds. The molecule has 6 heteroatoms. The van der Waals surface area contributed by atoms with Crippen LogP contribution in [0.15, 0.2) is 49.1 Å². The predicted molar refractivity (Wildman–Crippen MR) is 94.2 cm³/mol. The van der Waals surface area contributed by atoms with Crippen molar-refractivity contribution in [1.29, 1.82) is 0 Å². The Morgan fingerprint density at radius 3 is 3.20 bits per heavy atom. The molecule has 3 aromatic rings. The lowest BCUT2D eigenvalue weighted by Gasteiger charge is -2.23. The second kappa shape index (κ2) is 7.03. The normalized spacial score (nSPS) is 18.2. The molecule has 1 fully saturated rings. The number of imidazole rings is 1. The molecule has 1 saturated heterocycles. The van der Waals surface area contributed by atoms with E-state index >= 15 is 0 Å². The first-order valence-corrected chi connectivity index (χ1v) is 8.48. The number of rotatable bonds is 3. The Bertz CT molecular complexity index is 863. The van der Waals surface area contributed by atoms with Crippen molar-refractivity contribution in [3.63, 3.8) is 0 Å². The van der Waals surface area contributed by atoms with Crippen LogP contribution >= 0.6 is 0 Å². The Kier molecular flexibility index (Phi) is 4.43. The number of nitrogens with zero attached hydrogens (tertiary/aromatic N) is 3. The maximum absolute atomic E-state index is 12.6. The molecule has 0 saturated carbocycles. The van der Waals surface area contributed by atoms with Gasteiger partial charge < -0.3 is 14.6 Å². The van der Waals surface area contributed by atoms with Crippen LogP contribution in [0.3, 0.4) is 0 Å². The van der Waals surface area contributed by atoms with Gasteiger partial charge in [-0.05, 0) is 30.2 Å². The molecule has 0 unspecified atom stereocenters. The lowest BCUT2D eigenvalue weighted by atomic mass is 9.98. The van der Waals surface area contributed by atoms with Gasteiger partial charge in [-0.2, -0.15) is 0 Å². The summed E-state index contributed by atoms with van der Waals surface area (Å²) >= 11 is 0. The fourth-order valence-electron chi connectivity index (χ4n) is 3.32. The van der Waals surface area contributed by atoms with Crippen LogP contribution in [0.4, 0.5) is 0 Å². The number of pyridine rings is 1. The minimum Gasteiger partial charge on any atom is -0.379 e. The van der Waals surface area contributed by atoms with Crippen LogP contribution in [0, 0.1) is 5.92 Å². The SMILES string of the molecule is O=C(c1cnc[nH]1)N1CCOC[C@@H](Cc2ccc3ncccc3c2)C1. The van der Waals surface area contributed by atoms with Gasteiger partial charge in [0.1, 0.15) is 5.69 Å². The maximum Gasteiger partial charge on any atom is 0.272 e. The van der Waals surface area contributed by atoms with Crippen molar-refractivity contribution in [3.05, 3.63) is 60.3 Å². The van der Waals surface area contributed by atoms with Crippen molar-refractivity contribution in [2.75, 3.05) is 26.3 Å². The molecular weight excluding hydrogens is 316 g/mol. The summed E-state index contributed by atoms with van der Waals surface area (Å²) in [6.07, 6.45) is 5.78. The molecule has 2 aromatic heterocycles. The highest BCUT2D eigenvalue weighted by Crippen LogP contribution is 2.19. The van der Waals surface area contributed by atoms with Gasteiger partial charge in [0, 0.05) is 30.6 Å². The molecule has 1 aromatic carbocycles. The number of hydrogen-bond acceptors (Lipinski definition) is 4. The second-order valence-electron chi connectivity index (χ2n) is 6.39. The van der Waals surface area contributed by atoms with Crippen LogP contribution in [0.2, 0.25) is 0 Å². The minimum absolute atomic E-state index is 0.0179. The van der Waals surface area contributed by atoms with Crippen molar-refractivity contribution in [3.8, 4) is 0 Å². The average molecular weight is 336 g/mol. The van der Waals surface area contributed by atoms with Gasteiger partial charge >= 0.3 is 0 Å². The molecule has 0 spiro atoms. The first-order valence-electron chi connectivity index (χ1n) is 8.48. The molecule has 1 atom stereocenters. The third-order valence-electron chi connectivity index (χ3n) is 4.55. The molecule has 1 aliphatic heterocycles. The van der Waals surface area contributed by atoms with Crippen molar-refractivity contribution in [2.24, 2.45) is 5.92 Å². The van der Waals surface area contributed by atoms with Gasteiger partial charge in [-0.3, -0.25) is 9.78 Å². The van der Waals surface area contributed by atoms with Crippen LogP contribution in [-0.4, -0.2) is 52.1 Å². The number of benzene rings is 1. The van der Waals surface area contributed by atoms with Crippen LogP contribution in [0.1, 0.15) is 16.1 Å². The van der Waals surface area contributed by atoms with E-state index in [1.54, 1.807) is 12.4 Å². The number of ether oxygens (including phenoxy) is 1. The number of carbonyl (C=O) groups excluding carboxylic acids is 1. The number of fused-ring (bicyclic) bond motifs is 1. The van der Waals surface area contributed by atoms with E-state index in [1.807, 2.05) is 11.0 Å². The van der Waals surface area contributed by atoms with Crippen LogP contribution < -0.4 is 0 Å². The van der Waals surface area contributed by atoms with Gasteiger partial charge in [0.15, 0.2) is 0 Å². The molecule has 128 valence electrons. The summed E-state index contributed by atoms with van der Waals surface area (Å²) in [5, 5.41) is 1.14. The van der Waals surface area contributed by atoms with Gasteiger partial charge in [0.2, 0.25) is 0 Å². The lowest BCUT2D eigenvalue weighted by molar-refractivity contribution is 0.0732. The summed E-state index contributed by atoms with van der Waals surface area (Å²) in [5.41, 5.74) is 2.77. The number of H-pyrrole nitrogens is 1. The second-order valence-corrected chi connectivity index (χ2v) is 6.39. The zero-order chi connectivity index (χ0) is 17.1. The largest absolute Gasteiger partial charge is 0.379 e. The van der Waals surface area contributed by atoms with E-state index in [4.69, 9.17) is 4.74 Å². The first-order chi connectivity index (χ1) is 12.3. The Labute approximate surface area is 145 Å². The molecule has 4 rings (SSSR count). The first kappa shape index (κ1) is 15.8. The van der Waals surface area contributed by atoms with E-state index in [1.165, 1.54) is 11.9 Å². The van der Waals surface area contributed by atoms with Gasteiger partial charge in [-0.15, -0.1) is 0 Å². The fourth-order valence-corrected chi connectivity index (χ4v) is 3.32. The summed E-state index contributed by atoms with van der Waals surface area (Å²) in [6.45, 7) is 2.52. The number of amides is 1. The summed E-state index contributed by atoms with van der Waals surface area (Å²) in [4.78, 5) is 25.6. The quantitative estimate of drug-likeness (QED) is 0.796. The third kappa shape index (κ3) is 3.53. The molecule has 6 nitrogen and oxygen atoms in total. The highest BCUT2D eigenvalue weighted by atomic mass is 16.5. The minimum atomic E-state index is -0.0179. The number of hydrogen-bond donors (Lipinski definition) is 1. The van der Waals surface area contributed by atoms with Gasteiger partial charge in [-0.1, -0.05) is 12.1 Å². The Balaban J connectivity index is 1.49. The fraction of sp³-hybridized carbons (Fsp3) is 0.316. The van der Waals surface area contributed by atoms with E-state index < -0.39 is 0 Å². The van der Waals surface area contributed by atoms with Crippen LogP contribution in [-0.2, 0) is 11.2 Å². The summed E-state index contributed by atoms with van der Waals surface area (Å²) in [7, 11) is 0. The molecule has 0 radical (unpaired) electrons. The Morgan fingerprint density at radius 1 is 1.36 bits per heavy atom. The average Bonchev–Trinajstić information content (AvgIpc) is 3.08. The monoisotopic (exact) mass is 336 g/mol. The van der Waals surface area contributed by atoms with Crippen molar-refractivity contribution in [1.82, 2.24) is 19.9 Å². The molecular formula is C19H20N4O2. The third-order valence-corrected chi connectivity index (χ3v) is 4.55. The van der Waals surface area contributed by atoms with E-state index in [2.05, 4.69) is 39.2 Å². The maximum atomic E-state index is 12.6. The van der Waals surface area contributed by atoms with Crippen molar-refractivity contribution >= 4 is 16.8 Å². The Hall–Kier alpha value is -2.73. The summed E-state index contributed by atoms with van der Waals surface area (Å²) < 4.78 is 5.73. The zero-order valence-corrected chi connectivity index (χ0v) is 13.9. The van der Waals surface area contributed by atoms with Gasteiger partial charge in [0.25, 0.3) is 5.91 Å². The predicted octanol–water partition coefficient (Wildman–Crippen LogP) is 2.29. The molecule has 3 heterocycles. The topological polar surface area (TPSA) is 71.1 Å². The van der Waals surface area contributed by atoms with Crippen molar-refractivity contribution in [2.45, 2.75) is 6.42 Å². The zero-order valence-electron chi connectivity index (χ0n) is 13.9. The van der Waals surface area contributed by atoms with E-state index in [0.717, 1.165) is 17.3 Å². The Morgan fingerprint density at radius 2 is 2.32 bits per heavy atom.